The number of thiophene rings is 1. The highest BCUT2D eigenvalue weighted by Gasteiger charge is 2.20. The topological polar surface area (TPSA) is 71.1 Å². The molecule has 0 atom stereocenters. The minimum Gasteiger partial charge on any atom is -0.369 e. The lowest BCUT2D eigenvalue weighted by Gasteiger charge is -2.11. The quantitative estimate of drug-likeness (QED) is 0.795. The van der Waals surface area contributed by atoms with Gasteiger partial charge in [-0.2, -0.15) is 0 Å². The number of hydrogen-bond donors (Lipinski definition) is 2. The molecule has 2 aromatic rings. The van der Waals surface area contributed by atoms with Gasteiger partial charge in [0.15, 0.2) is 0 Å². The average molecular weight is 390 g/mol. The summed E-state index contributed by atoms with van der Waals surface area (Å²) in [6.07, 6.45) is 1.57. The molecule has 5 nitrogen and oxygen atoms in total. The molecule has 0 saturated carbocycles. The molecule has 2 rings (SSSR count). The fraction of sp³-hybridized carbons (Fsp3) is 0.308. The Morgan fingerprint density at radius 2 is 2.19 bits per heavy atom. The van der Waals surface area contributed by atoms with Crippen molar-refractivity contribution in [3.05, 3.63) is 38.6 Å². The SMILES string of the molecule is CCNc1ncc(Br)cc1S(=O)(=O)NCc1sccc1C. The Kier molecular flexibility index (Phi) is 5.37. The summed E-state index contributed by atoms with van der Waals surface area (Å²) >= 11 is 4.80. The predicted octanol–water partition coefficient (Wildman–Crippen LogP) is 3.12. The van der Waals surface area contributed by atoms with Crippen molar-refractivity contribution in [2.45, 2.75) is 25.3 Å². The zero-order chi connectivity index (χ0) is 15.5. The van der Waals surface area contributed by atoms with E-state index in [0.717, 1.165) is 10.4 Å². The van der Waals surface area contributed by atoms with Crippen LogP contribution in [0.15, 0.2) is 33.1 Å². The van der Waals surface area contributed by atoms with Crippen molar-refractivity contribution in [1.29, 1.82) is 0 Å². The molecule has 2 N–H and O–H groups in total. The lowest BCUT2D eigenvalue weighted by molar-refractivity contribution is 0.581. The van der Waals surface area contributed by atoms with Crippen molar-refractivity contribution >= 4 is 43.1 Å². The molecule has 0 bridgehead atoms. The molecule has 0 unspecified atom stereocenters. The van der Waals surface area contributed by atoms with Gasteiger partial charge >= 0.3 is 0 Å². The van der Waals surface area contributed by atoms with Gasteiger partial charge in [-0.15, -0.1) is 11.3 Å². The van der Waals surface area contributed by atoms with Crippen LogP contribution in [-0.4, -0.2) is 19.9 Å². The molecule has 0 amide bonds. The van der Waals surface area contributed by atoms with Crippen molar-refractivity contribution in [3.8, 4) is 0 Å². The van der Waals surface area contributed by atoms with Crippen LogP contribution in [0.5, 0.6) is 0 Å². The first-order chi connectivity index (χ1) is 9.94. The maximum atomic E-state index is 12.5. The van der Waals surface area contributed by atoms with Gasteiger partial charge in [0.2, 0.25) is 10.0 Å². The average Bonchev–Trinajstić information content (AvgIpc) is 2.84. The molecule has 0 saturated heterocycles. The second-order valence-corrected chi connectivity index (χ2v) is 8.03. The number of nitrogens with one attached hydrogen (secondary N) is 2. The number of hydrogen-bond acceptors (Lipinski definition) is 5. The number of aromatic nitrogens is 1. The van der Waals surface area contributed by atoms with Crippen LogP contribution in [0.25, 0.3) is 0 Å². The van der Waals surface area contributed by atoms with Crippen molar-refractivity contribution in [2.75, 3.05) is 11.9 Å². The monoisotopic (exact) mass is 389 g/mol. The summed E-state index contributed by atoms with van der Waals surface area (Å²) in [6, 6.07) is 3.52. The Morgan fingerprint density at radius 1 is 1.43 bits per heavy atom. The lowest BCUT2D eigenvalue weighted by Crippen LogP contribution is -2.24. The van der Waals surface area contributed by atoms with Crippen LogP contribution in [0.4, 0.5) is 5.82 Å². The molecule has 21 heavy (non-hydrogen) atoms. The third kappa shape index (κ3) is 4.03. The molecular formula is C13H16BrN3O2S2. The summed E-state index contributed by atoms with van der Waals surface area (Å²) in [5.74, 6) is 0.358. The standard InChI is InChI=1S/C13H16BrN3O2S2/c1-3-15-13-12(6-10(14)7-16-13)21(18,19)17-8-11-9(2)4-5-20-11/h4-7,17H,3,8H2,1-2H3,(H,15,16). The molecule has 114 valence electrons. The van der Waals surface area contributed by atoms with Gasteiger partial charge < -0.3 is 5.32 Å². The van der Waals surface area contributed by atoms with E-state index in [1.807, 2.05) is 25.3 Å². The van der Waals surface area contributed by atoms with E-state index in [0.29, 0.717) is 16.8 Å². The molecule has 2 aromatic heterocycles. The summed E-state index contributed by atoms with van der Waals surface area (Å²) in [5.41, 5.74) is 1.09. The van der Waals surface area contributed by atoms with E-state index in [9.17, 15) is 8.42 Å². The molecule has 0 spiro atoms. The Hall–Kier alpha value is -0.960. The van der Waals surface area contributed by atoms with Crippen molar-refractivity contribution in [2.24, 2.45) is 0 Å². The maximum Gasteiger partial charge on any atom is 0.244 e. The number of nitrogens with zero attached hydrogens (tertiary/aromatic N) is 1. The number of pyridine rings is 1. The van der Waals surface area contributed by atoms with Crippen LogP contribution >= 0.6 is 27.3 Å². The third-order valence-corrected chi connectivity index (χ3v) is 5.72. The molecule has 0 fully saturated rings. The van der Waals surface area contributed by atoms with Crippen LogP contribution in [-0.2, 0) is 16.6 Å². The Bertz CT molecular complexity index is 729. The van der Waals surface area contributed by atoms with Gasteiger partial charge in [-0.05, 0) is 52.9 Å². The normalized spacial score (nSPS) is 11.6. The van der Waals surface area contributed by atoms with Crippen LogP contribution in [0.2, 0.25) is 0 Å². The number of sulfonamides is 1. The van der Waals surface area contributed by atoms with Crippen LogP contribution in [0.1, 0.15) is 17.4 Å². The second-order valence-electron chi connectivity index (χ2n) is 4.38. The molecule has 0 aliphatic carbocycles. The number of rotatable bonds is 6. The number of anilines is 1. The lowest BCUT2D eigenvalue weighted by atomic mass is 10.3. The summed E-state index contributed by atoms with van der Waals surface area (Å²) in [6.45, 7) is 4.73. The Labute approximate surface area is 137 Å². The molecule has 2 heterocycles. The van der Waals surface area contributed by atoms with Gasteiger partial charge in [0.1, 0.15) is 10.7 Å². The van der Waals surface area contributed by atoms with Gasteiger partial charge in [-0.3, -0.25) is 0 Å². The van der Waals surface area contributed by atoms with Crippen LogP contribution < -0.4 is 10.0 Å². The van der Waals surface area contributed by atoms with Crippen LogP contribution in [0.3, 0.4) is 0 Å². The predicted molar refractivity (Wildman–Crippen MR) is 89.2 cm³/mol. The van der Waals surface area contributed by atoms with E-state index in [4.69, 9.17) is 0 Å². The molecule has 0 radical (unpaired) electrons. The molecule has 0 aromatic carbocycles. The minimum atomic E-state index is -3.63. The van der Waals surface area contributed by atoms with Gasteiger partial charge in [-0.25, -0.2) is 18.1 Å². The zero-order valence-electron chi connectivity index (χ0n) is 11.7. The summed E-state index contributed by atoms with van der Waals surface area (Å²) < 4.78 is 28.2. The Morgan fingerprint density at radius 3 is 2.81 bits per heavy atom. The Balaban J connectivity index is 2.26. The van der Waals surface area contributed by atoms with Gasteiger partial charge in [0.05, 0.1) is 0 Å². The van der Waals surface area contributed by atoms with Crippen molar-refractivity contribution in [1.82, 2.24) is 9.71 Å². The molecular weight excluding hydrogens is 374 g/mol. The van der Waals surface area contributed by atoms with Gasteiger partial charge in [-0.1, -0.05) is 0 Å². The summed E-state index contributed by atoms with van der Waals surface area (Å²) in [5, 5.41) is 4.91. The van der Waals surface area contributed by atoms with E-state index in [-0.39, 0.29) is 11.4 Å². The van der Waals surface area contributed by atoms with Crippen molar-refractivity contribution in [3.63, 3.8) is 0 Å². The molecule has 0 aliphatic rings. The van der Waals surface area contributed by atoms with Gasteiger partial charge in [0, 0.05) is 28.6 Å². The van der Waals surface area contributed by atoms with E-state index < -0.39 is 10.0 Å². The fourth-order valence-corrected chi connectivity index (χ4v) is 4.32. The maximum absolute atomic E-state index is 12.5. The highest BCUT2D eigenvalue weighted by Crippen LogP contribution is 2.23. The fourth-order valence-electron chi connectivity index (χ4n) is 1.75. The first-order valence-electron chi connectivity index (χ1n) is 6.36. The third-order valence-electron chi connectivity index (χ3n) is 2.84. The van der Waals surface area contributed by atoms with E-state index in [2.05, 4.69) is 31.0 Å². The summed E-state index contributed by atoms with van der Waals surface area (Å²) in [4.78, 5) is 5.27. The number of aryl methyl sites for hydroxylation is 1. The second kappa shape index (κ2) is 6.87. The highest BCUT2D eigenvalue weighted by molar-refractivity contribution is 9.10. The van der Waals surface area contributed by atoms with E-state index >= 15 is 0 Å². The number of halogens is 1. The first-order valence-corrected chi connectivity index (χ1v) is 9.51. The zero-order valence-corrected chi connectivity index (χ0v) is 14.9. The summed E-state index contributed by atoms with van der Waals surface area (Å²) in [7, 11) is -3.63. The largest absolute Gasteiger partial charge is 0.369 e. The molecule has 8 heteroatoms. The van der Waals surface area contributed by atoms with E-state index in [1.54, 1.807) is 12.3 Å². The highest BCUT2D eigenvalue weighted by atomic mass is 79.9. The first kappa shape index (κ1) is 16.4. The van der Waals surface area contributed by atoms with Crippen LogP contribution in [0, 0.1) is 6.92 Å². The smallest absolute Gasteiger partial charge is 0.244 e. The van der Waals surface area contributed by atoms with Gasteiger partial charge in [0.25, 0.3) is 0 Å². The minimum absolute atomic E-state index is 0.146. The van der Waals surface area contributed by atoms with E-state index in [1.165, 1.54) is 11.3 Å². The molecule has 0 aliphatic heterocycles. The van der Waals surface area contributed by atoms with Crippen molar-refractivity contribution < 1.29 is 8.42 Å².